The lowest BCUT2D eigenvalue weighted by Gasteiger charge is -2.36. The number of nitrogens with zero attached hydrogens (tertiary/aromatic N) is 4. The van der Waals surface area contributed by atoms with Crippen molar-refractivity contribution >= 4 is 65.0 Å². The molecule has 39 heavy (non-hydrogen) atoms. The van der Waals surface area contributed by atoms with Gasteiger partial charge < -0.3 is 0 Å². The summed E-state index contributed by atoms with van der Waals surface area (Å²) in [6.45, 7) is 0. The summed E-state index contributed by atoms with van der Waals surface area (Å²) in [5.41, 5.74) is 5.31. The molecule has 3 aromatic rings. The Kier molecular flexibility index (Phi) is 5.70. The zero-order valence-corrected chi connectivity index (χ0v) is 23.8. The van der Waals surface area contributed by atoms with Crippen molar-refractivity contribution in [3.8, 4) is 24.3 Å². The molecule has 0 saturated heterocycles. The molecule has 0 unspecified atom stereocenters. The molecule has 7 rings (SSSR count). The molecule has 4 aliphatic rings. The van der Waals surface area contributed by atoms with Crippen molar-refractivity contribution in [1.82, 2.24) is 0 Å². The van der Waals surface area contributed by atoms with Crippen molar-refractivity contribution < 1.29 is 0 Å². The van der Waals surface area contributed by atoms with E-state index in [0.717, 1.165) is 62.5 Å². The zero-order valence-electron chi connectivity index (χ0n) is 21.4. The molecule has 3 aromatic heterocycles. The summed E-state index contributed by atoms with van der Waals surface area (Å²) in [5.74, 6) is 0. The van der Waals surface area contributed by atoms with Crippen LogP contribution in [0, 0.1) is 45.3 Å². The van der Waals surface area contributed by atoms with Crippen molar-refractivity contribution in [3.05, 3.63) is 55.3 Å². The summed E-state index contributed by atoms with van der Waals surface area (Å²) in [6, 6.07) is 8.31. The molecule has 0 N–H and O–H groups in total. The quantitative estimate of drug-likeness (QED) is 0.292. The van der Waals surface area contributed by atoms with E-state index in [4.69, 9.17) is 0 Å². The fourth-order valence-electron chi connectivity index (χ4n) is 7.66. The molecular weight excluding hydrogens is 537 g/mol. The van der Waals surface area contributed by atoms with Gasteiger partial charge in [0, 0.05) is 20.6 Å². The largest absolute Gasteiger partial charge is 0.192 e. The van der Waals surface area contributed by atoms with Crippen molar-refractivity contribution in [3.63, 3.8) is 0 Å². The second-order valence-corrected chi connectivity index (χ2v) is 14.3. The number of thiophene rings is 3. The van der Waals surface area contributed by atoms with E-state index in [1.807, 2.05) is 46.2 Å². The summed E-state index contributed by atoms with van der Waals surface area (Å²) in [7, 11) is 0. The van der Waals surface area contributed by atoms with E-state index in [1.54, 1.807) is 0 Å². The minimum Gasteiger partial charge on any atom is -0.192 e. The van der Waals surface area contributed by atoms with E-state index in [9.17, 15) is 21.0 Å². The summed E-state index contributed by atoms with van der Waals surface area (Å²) >= 11 is 5.69. The van der Waals surface area contributed by atoms with Crippen LogP contribution in [0.15, 0.2) is 34.4 Å². The average Bonchev–Trinajstić information content (AvgIpc) is 3.72. The number of fused-ring (bicyclic) bond motifs is 9. The molecule has 0 radical (unpaired) electrons. The molecule has 4 nitrogen and oxygen atoms in total. The molecule has 7 heteroatoms. The Morgan fingerprint density at radius 3 is 1.31 bits per heavy atom. The van der Waals surface area contributed by atoms with Gasteiger partial charge in [-0.1, -0.05) is 38.5 Å². The van der Waals surface area contributed by atoms with Crippen LogP contribution < -0.4 is 0 Å². The standard InChI is InChI=1S/C32H24N4S3/c33-15-19(16-34)11-21-13-23-25(31(21)7-3-1-4-8-31)27-29(37-23)30-28(39-27)26-24(38-30)14-22(12-20(17-35)18-36)32(26)9-5-2-6-10-32/h11-14H,1-10H2. The molecule has 0 bridgehead atoms. The van der Waals surface area contributed by atoms with Crippen LogP contribution in [-0.2, 0) is 10.8 Å². The summed E-state index contributed by atoms with van der Waals surface area (Å²) in [4.78, 5) is 2.60. The van der Waals surface area contributed by atoms with E-state index in [0.29, 0.717) is 0 Å². The third kappa shape index (κ3) is 3.35. The first-order chi connectivity index (χ1) is 19.1. The highest BCUT2D eigenvalue weighted by atomic mass is 32.1. The maximum Gasteiger partial charge on any atom is 0.129 e. The average molecular weight is 561 g/mol. The van der Waals surface area contributed by atoms with Gasteiger partial charge >= 0.3 is 0 Å². The van der Waals surface area contributed by atoms with Gasteiger partial charge in [-0.2, -0.15) is 21.0 Å². The van der Waals surface area contributed by atoms with Crippen molar-refractivity contribution in [2.24, 2.45) is 0 Å². The second-order valence-electron chi connectivity index (χ2n) is 11.1. The van der Waals surface area contributed by atoms with Gasteiger partial charge in [0.25, 0.3) is 0 Å². The van der Waals surface area contributed by atoms with E-state index < -0.39 is 0 Å². The monoisotopic (exact) mass is 560 g/mol. The predicted molar refractivity (Wildman–Crippen MR) is 159 cm³/mol. The molecular formula is C32H24N4S3. The smallest absolute Gasteiger partial charge is 0.129 e. The van der Waals surface area contributed by atoms with Gasteiger partial charge in [0.1, 0.15) is 35.4 Å². The van der Waals surface area contributed by atoms with Crippen LogP contribution in [0.4, 0.5) is 0 Å². The highest BCUT2D eigenvalue weighted by molar-refractivity contribution is 7.39. The Morgan fingerprint density at radius 1 is 0.564 bits per heavy atom. The third-order valence-electron chi connectivity index (χ3n) is 9.32. The van der Waals surface area contributed by atoms with Crippen LogP contribution >= 0.6 is 34.0 Å². The number of hydrogen-bond donors (Lipinski definition) is 0. The highest BCUT2D eigenvalue weighted by Gasteiger charge is 2.47. The topological polar surface area (TPSA) is 95.2 Å². The van der Waals surface area contributed by atoms with Gasteiger partial charge in [-0.05, 0) is 72.3 Å². The summed E-state index contributed by atoms with van der Waals surface area (Å²) < 4.78 is 5.55. The zero-order chi connectivity index (χ0) is 26.8. The Balaban J connectivity index is 1.44. The molecule has 4 aliphatic carbocycles. The van der Waals surface area contributed by atoms with Crippen LogP contribution in [0.25, 0.3) is 31.0 Å². The van der Waals surface area contributed by atoms with E-state index in [2.05, 4.69) is 36.4 Å². The molecule has 2 spiro atoms. The minimum atomic E-state index is -0.107. The minimum absolute atomic E-state index is 0.107. The van der Waals surface area contributed by atoms with Crippen molar-refractivity contribution in [1.29, 1.82) is 21.0 Å². The number of allylic oxidation sites excluding steroid dienone is 6. The van der Waals surface area contributed by atoms with Gasteiger partial charge in [-0.3, -0.25) is 0 Å². The van der Waals surface area contributed by atoms with Crippen molar-refractivity contribution in [2.75, 3.05) is 0 Å². The lowest BCUT2D eigenvalue weighted by atomic mass is 9.67. The fraction of sp³-hybridized carbons (Fsp3) is 0.375. The molecule has 0 amide bonds. The highest BCUT2D eigenvalue weighted by Crippen LogP contribution is 2.63. The van der Waals surface area contributed by atoms with Crippen LogP contribution in [0.3, 0.4) is 0 Å². The summed E-state index contributed by atoms with van der Waals surface area (Å²) in [6.07, 6.45) is 19.6. The Morgan fingerprint density at radius 2 is 0.949 bits per heavy atom. The lowest BCUT2D eigenvalue weighted by molar-refractivity contribution is 0.353. The molecule has 2 fully saturated rings. The van der Waals surface area contributed by atoms with Gasteiger partial charge in [-0.25, -0.2) is 0 Å². The molecule has 2 saturated carbocycles. The first-order valence-electron chi connectivity index (χ1n) is 13.6. The fourth-order valence-corrected chi connectivity index (χ4v) is 12.5. The number of nitriles is 4. The first kappa shape index (κ1) is 24.6. The molecule has 3 heterocycles. The van der Waals surface area contributed by atoms with Crippen LogP contribution in [0.5, 0.6) is 0 Å². The Hall–Kier alpha value is -3.46. The molecule has 0 aliphatic heterocycles. The van der Waals surface area contributed by atoms with Gasteiger partial charge in [-0.15, -0.1) is 34.0 Å². The molecule has 190 valence electrons. The van der Waals surface area contributed by atoms with Crippen LogP contribution in [-0.4, -0.2) is 0 Å². The lowest BCUT2D eigenvalue weighted by Crippen LogP contribution is -2.28. The SMILES string of the molecule is N#CC(C#N)=CC1=Cc2sc3c(sc4c5c(sc43)C=C(C=C(C#N)C#N)C53CCCCC3)c2C12CCCCC2. The molecule has 0 aromatic carbocycles. The van der Waals surface area contributed by atoms with Crippen molar-refractivity contribution in [2.45, 2.75) is 75.0 Å². The van der Waals surface area contributed by atoms with Crippen LogP contribution in [0.1, 0.15) is 85.1 Å². The first-order valence-corrected chi connectivity index (χ1v) is 16.0. The second kappa shape index (κ2) is 9.05. The summed E-state index contributed by atoms with van der Waals surface area (Å²) in [5, 5.41) is 38.0. The number of hydrogen-bond acceptors (Lipinski definition) is 7. The van der Waals surface area contributed by atoms with Gasteiger partial charge in [0.2, 0.25) is 0 Å². The Bertz CT molecular complexity index is 1690. The predicted octanol–water partition coefficient (Wildman–Crippen LogP) is 9.32. The Labute approximate surface area is 239 Å². The molecule has 0 atom stereocenters. The van der Waals surface area contributed by atoms with E-state index in [-0.39, 0.29) is 22.0 Å². The third-order valence-corrected chi connectivity index (χ3v) is 13.2. The maximum atomic E-state index is 9.49. The maximum absolute atomic E-state index is 9.49. The normalized spacial score (nSPS) is 19.9. The van der Waals surface area contributed by atoms with Gasteiger partial charge in [0.15, 0.2) is 0 Å². The van der Waals surface area contributed by atoms with E-state index in [1.165, 1.54) is 52.5 Å². The number of rotatable bonds is 2. The van der Waals surface area contributed by atoms with E-state index >= 15 is 0 Å². The van der Waals surface area contributed by atoms with Gasteiger partial charge in [0.05, 0.1) is 18.8 Å². The van der Waals surface area contributed by atoms with Crippen LogP contribution in [0.2, 0.25) is 0 Å².